The fraction of sp³-hybridized carbons (Fsp3) is 0.550. The average molecular weight is 353 g/mol. The molecule has 1 amide bonds. The highest BCUT2D eigenvalue weighted by Crippen LogP contribution is 2.29. The second-order valence-corrected chi connectivity index (χ2v) is 7.61. The number of benzene rings is 1. The molecule has 0 aliphatic carbocycles. The number of aryl methyl sites for hydroxylation is 1. The normalized spacial score (nSPS) is 18.8. The Kier molecular flexibility index (Phi) is 4.76. The first-order valence-corrected chi connectivity index (χ1v) is 9.55. The van der Waals surface area contributed by atoms with Crippen LogP contribution < -0.4 is 0 Å². The van der Waals surface area contributed by atoms with Crippen molar-refractivity contribution in [1.29, 1.82) is 0 Å². The van der Waals surface area contributed by atoms with Gasteiger partial charge >= 0.3 is 0 Å². The maximum atomic E-state index is 11.6. The number of carbonyl (C=O) groups is 1. The zero-order chi connectivity index (χ0) is 18.1. The van der Waals surface area contributed by atoms with Crippen LogP contribution >= 0.6 is 0 Å². The summed E-state index contributed by atoms with van der Waals surface area (Å²) in [6.07, 6.45) is 2.25. The van der Waals surface area contributed by atoms with Gasteiger partial charge in [-0.3, -0.25) is 9.69 Å². The third-order valence-electron chi connectivity index (χ3n) is 5.67. The van der Waals surface area contributed by atoms with E-state index in [-0.39, 0.29) is 5.91 Å². The maximum absolute atomic E-state index is 11.6. The highest BCUT2D eigenvalue weighted by atomic mass is 16.2. The molecule has 26 heavy (non-hydrogen) atoms. The van der Waals surface area contributed by atoms with Crippen LogP contribution in [-0.4, -0.2) is 50.1 Å². The van der Waals surface area contributed by atoms with Crippen LogP contribution in [-0.2, 0) is 24.4 Å². The molecule has 2 aliphatic heterocycles. The van der Waals surface area contributed by atoms with Gasteiger partial charge in [-0.2, -0.15) is 0 Å². The number of nitrogens with zero attached hydrogens (tertiary/aromatic N) is 5. The molecule has 138 valence electrons. The van der Waals surface area contributed by atoms with E-state index >= 15 is 0 Å². The lowest BCUT2D eigenvalue weighted by molar-refractivity contribution is -0.130. The fourth-order valence-electron chi connectivity index (χ4n) is 4.17. The lowest BCUT2D eigenvalue weighted by atomic mass is 9.95. The number of hydrogen-bond donors (Lipinski definition) is 0. The third kappa shape index (κ3) is 3.51. The van der Waals surface area contributed by atoms with Gasteiger partial charge in [0.15, 0.2) is 5.82 Å². The van der Waals surface area contributed by atoms with Crippen molar-refractivity contribution in [1.82, 2.24) is 24.6 Å². The van der Waals surface area contributed by atoms with Crippen LogP contribution in [0.5, 0.6) is 0 Å². The topological polar surface area (TPSA) is 54.3 Å². The summed E-state index contributed by atoms with van der Waals surface area (Å²) in [6, 6.07) is 8.79. The van der Waals surface area contributed by atoms with Crippen molar-refractivity contribution in [2.45, 2.75) is 52.2 Å². The summed E-state index contributed by atoms with van der Waals surface area (Å²) in [7, 11) is 0. The summed E-state index contributed by atoms with van der Waals surface area (Å²) < 4.78 is 2.25. The van der Waals surface area contributed by atoms with Crippen LogP contribution in [0.25, 0.3) is 0 Å². The number of rotatable bonds is 3. The lowest BCUT2D eigenvalue weighted by Gasteiger charge is -2.33. The van der Waals surface area contributed by atoms with Gasteiger partial charge in [0.25, 0.3) is 0 Å². The minimum absolute atomic E-state index is 0.116. The molecule has 0 saturated carbocycles. The average Bonchev–Trinajstić information content (AvgIpc) is 3.05. The number of carbonyl (C=O) groups excluding carboxylic acids is 1. The fourth-order valence-corrected chi connectivity index (χ4v) is 4.17. The first kappa shape index (κ1) is 17.2. The van der Waals surface area contributed by atoms with Crippen molar-refractivity contribution in [3.63, 3.8) is 0 Å². The maximum Gasteiger partial charge on any atom is 0.219 e. The molecular formula is C20H27N5O. The SMILES string of the molecule is CC(=O)N1CCn2c(nnc2C2CCN(Cc3cccc(C)c3)CC2)C1. The van der Waals surface area contributed by atoms with Crippen LogP contribution in [0.3, 0.4) is 0 Å². The van der Waals surface area contributed by atoms with Crippen molar-refractivity contribution in [2.75, 3.05) is 19.6 Å². The minimum Gasteiger partial charge on any atom is -0.334 e. The van der Waals surface area contributed by atoms with Gasteiger partial charge in [0.2, 0.25) is 5.91 Å². The van der Waals surface area contributed by atoms with E-state index in [0.29, 0.717) is 12.5 Å². The molecule has 0 unspecified atom stereocenters. The van der Waals surface area contributed by atoms with Gasteiger partial charge in [-0.05, 0) is 38.4 Å². The van der Waals surface area contributed by atoms with Gasteiger partial charge in [0.05, 0.1) is 6.54 Å². The molecule has 2 aliphatic rings. The van der Waals surface area contributed by atoms with Gasteiger partial charge in [0, 0.05) is 32.5 Å². The van der Waals surface area contributed by atoms with E-state index in [0.717, 1.165) is 57.2 Å². The zero-order valence-electron chi connectivity index (χ0n) is 15.7. The van der Waals surface area contributed by atoms with Crippen molar-refractivity contribution in [3.05, 3.63) is 47.0 Å². The summed E-state index contributed by atoms with van der Waals surface area (Å²) in [6.45, 7) is 9.17. The van der Waals surface area contributed by atoms with Gasteiger partial charge < -0.3 is 9.47 Å². The van der Waals surface area contributed by atoms with Gasteiger partial charge in [-0.1, -0.05) is 29.8 Å². The second kappa shape index (κ2) is 7.19. The molecule has 0 N–H and O–H groups in total. The standard InChI is InChI=1S/C20H27N5O/c1-15-4-3-5-17(12-15)13-23-8-6-18(7-9-23)20-22-21-19-14-24(16(2)26)10-11-25(19)20/h3-5,12,18H,6-11,13-14H2,1-2H3. The van der Waals surface area contributed by atoms with E-state index < -0.39 is 0 Å². The highest BCUT2D eigenvalue weighted by Gasteiger charge is 2.29. The number of likely N-dealkylation sites (tertiary alicyclic amines) is 1. The summed E-state index contributed by atoms with van der Waals surface area (Å²) in [5.74, 6) is 2.65. The molecule has 6 nitrogen and oxygen atoms in total. The molecule has 1 fully saturated rings. The summed E-state index contributed by atoms with van der Waals surface area (Å²) in [5.41, 5.74) is 2.72. The number of piperidine rings is 1. The lowest BCUT2D eigenvalue weighted by Crippen LogP contribution is -2.38. The second-order valence-electron chi connectivity index (χ2n) is 7.61. The summed E-state index contributed by atoms with van der Waals surface area (Å²) in [5, 5.41) is 8.86. The Balaban J connectivity index is 1.38. The predicted octanol–water partition coefficient (Wildman–Crippen LogP) is 2.33. The minimum atomic E-state index is 0.116. The molecule has 0 spiro atoms. The molecule has 1 aromatic heterocycles. The van der Waals surface area contributed by atoms with E-state index in [1.165, 1.54) is 11.1 Å². The highest BCUT2D eigenvalue weighted by molar-refractivity contribution is 5.73. The molecule has 0 radical (unpaired) electrons. The predicted molar refractivity (Wildman–Crippen MR) is 99.5 cm³/mol. The number of amides is 1. The van der Waals surface area contributed by atoms with Gasteiger partial charge in [-0.25, -0.2) is 0 Å². The smallest absolute Gasteiger partial charge is 0.219 e. The van der Waals surface area contributed by atoms with Crippen LogP contribution in [0.1, 0.15) is 48.5 Å². The van der Waals surface area contributed by atoms with E-state index in [4.69, 9.17) is 0 Å². The number of hydrogen-bond acceptors (Lipinski definition) is 4. The van der Waals surface area contributed by atoms with E-state index in [9.17, 15) is 4.79 Å². The van der Waals surface area contributed by atoms with Crippen molar-refractivity contribution >= 4 is 5.91 Å². The van der Waals surface area contributed by atoms with Gasteiger partial charge in [-0.15, -0.1) is 10.2 Å². The van der Waals surface area contributed by atoms with Crippen LogP contribution in [0.15, 0.2) is 24.3 Å². The van der Waals surface area contributed by atoms with Crippen LogP contribution in [0, 0.1) is 6.92 Å². The zero-order valence-corrected chi connectivity index (χ0v) is 15.7. The molecule has 1 aromatic carbocycles. The van der Waals surface area contributed by atoms with Gasteiger partial charge in [0.1, 0.15) is 5.82 Å². The first-order valence-electron chi connectivity index (χ1n) is 9.55. The summed E-state index contributed by atoms with van der Waals surface area (Å²) in [4.78, 5) is 16.0. The first-order chi connectivity index (χ1) is 12.6. The van der Waals surface area contributed by atoms with Crippen molar-refractivity contribution < 1.29 is 4.79 Å². The summed E-state index contributed by atoms with van der Waals surface area (Å²) >= 11 is 0. The molecule has 0 bridgehead atoms. The van der Waals surface area contributed by atoms with Crippen molar-refractivity contribution in [3.8, 4) is 0 Å². The Morgan fingerprint density at radius 1 is 1.15 bits per heavy atom. The Morgan fingerprint density at radius 2 is 1.96 bits per heavy atom. The Bertz CT molecular complexity index is 791. The monoisotopic (exact) mass is 353 g/mol. The van der Waals surface area contributed by atoms with E-state index in [2.05, 4.69) is 50.9 Å². The van der Waals surface area contributed by atoms with Crippen LogP contribution in [0.4, 0.5) is 0 Å². The van der Waals surface area contributed by atoms with E-state index in [1.807, 2.05) is 4.90 Å². The largest absolute Gasteiger partial charge is 0.334 e. The molecule has 3 heterocycles. The number of aromatic nitrogens is 3. The Labute approximate surface area is 154 Å². The Hall–Kier alpha value is -2.21. The van der Waals surface area contributed by atoms with E-state index in [1.54, 1.807) is 6.92 Å². The number of fused-ring (bicyclic) bond motifs is 1. The molecular weight excluding hydrogens is 326 g/mol. The molecule has 0 atom stereocenters. The third-order valence-corrected chi connectivity index (χ3v) is 5.67. The quantitative estimate of drug-likeness (QED) is 0.850. The van der Waals surface area contributed by atoms with Crippen LogP contribution in [0.2, 0.25) is 0 Å². The molecule has 4 rings (SSSR count). The Morgan fingerprint density at radius 3 is 2.69 bits per heavy atom. The van der Waals surface area contributed by atoms with Crippen molar-refractivity contribution in [2.24, 2.45) is 0 Å². The molecule has 6 heteroatoms. The molecule has 1 saturated heterocycles. The molecule has 2 aromatic rings.